The van der Waals surface area contributed by atoms with Gasteiger partial charge < -0.3 is 24.2 Å². The van der Waals surface area contributed by atoms with Crippen molar-refractivity contribution < 1.29 is 23.5 Å². The van der Waals surface area contributed by atoms with Crippen LogP contribution in [0.5, 0.6) is 0 Å². The first-order valence-corrected chi connectivity index (χ1v) is 14.3. The average Bonchev–Trinajstić information content (AvgIpc) is 3.28. The lowest BCUT2D eigenvalue weighted by Crippen LogP contribution is -2.53. The van der Waals surface area contributed by atoms with E-state index in [2.05, 4.69) is 25.3 Å². The van der Waals surface area contributed by atoms with Crippen molar-refractivity contribution >= 4 is 31.1 Å². The third kappa shape index (κ3) is 4.91. The standard InChI is InChI=1S/C22H34FN7O4Si/c1-20(2,3)19(32)27-16-13-9-10-30(17(13)26-12-25-16)18-14(23)15(22(11-31,33-18)28-29-24)34-35(7,8)21(4,5)6/h9-10,12,14-15,18,31H,11H2,1-8H3,(H,25,26,27,32)/t14?,15-,18+,22-/m1/s1. The zero-order valence-corrected chi connectivity index (χ0v) is 22.4. The fraction of sp³-hybridized carbons (Fsp3) is 0.682. The van der Waals surface area contributed by atoms with Crippen molar-refractivity contribution in [2.75, 3.05) is 11.9 Å². The summed E-state index contributed by atoms with van der Waals surface area (Å²) >= 11 is 0. The zero-order chi connectivity index (χ0) is 26.4. The van der Waals surface area contributed by atoms with Gasteiger partial charge in [0.15, 0.2) is 26.4 Å². The van der Waals surface area contributed by atoms with Crippen molar-refractivity contribution in [2.24, 2.45) is 10.5 Å². The molecule has 3 rings (SSSR count). The second-order valence-electron chi connectivity index (χ2n) is 11.3. The number of hydrogen-bond acceptors (Lipinski definition) is 7. The Morgan fingerprint density at radius 1 is 1.37 bits per heavy atom. The lowest BCUT2D eigenvalue weighted by atomic mass is 9.96. The molecule has 4 atom stereocenters. The molecular weight excluding hydrogens is 473 g/mol. The second kappa shape index (κ2) is 9.14. The quantitative estimate of drug-likeness (QED) is 0.251. The number of carbonyl (C=O) groups excluding carboxylic acids is 1. The van der Waals surface area contributed by atoms with Gasteiger partial charge in [0.1, 0.15) is 23.9 Å². The van der Waals surface area contributed by atoms with Gasteiger partial charge in [-0.15, -0.1) is 0 Å². The molecule has 2 aromatic heterocycles. The van der Waals surface area contributed by atoms with Gasteiger partial charge in [0.05, 0.1) is 12.0 Å². The number of azide groups is 1. The molecule has 1 amide bonds. The van der Waals surface area contributed by atoms with E-state index in [0.717, 1.165) is 0 Å². The highest BCUT2D eigenvalue weighted by Crippen LogP contribution is 2.47. The number of halogens is 1. The maximum atomic E-state index is 16.1. The monoisotopic (exact) mass is 507 g/mol. The number of carbonyl (C=O) groups is 1. The van der Waals surface area contributed by atoms with Gasteiger partial charge in [0, 0.05) is 16.5 Å². The summed E-state index contributed by atoms with van der Waals surface area (Å²) in [6.45, 7) is 14.4. The molecule has 35 heavy (non-hydrogen) atoms. The van der Waals surface area contributed by atoms with Gasteiger partial charge in [-0.2, -0.15) is 0 Å². The molecule has 0 spiro atoms. The maximum absolute atomic E-state index is 16.1. The van der Waals surface area contributed by atoms with Crippen molar-refractivity contribution in [1.82, 2.24) is 14.5 Å². The molecule has 0 radical (unpaired) electrons. The summed E-state index contributed by atoms with van der Waals surface area (Å²) in [7, 11) is -2.56. The lowest BCUT2D eigenvalue weighted by Gasteiger charge is -2.41. The van der Waals surface area contributed by atoms with Crippen LogP contribution in [-0.4, -0.2) is 58.5 Å². The SMILES string of the molecule is CC(C)(C)C(=O)Nc1ncnc2c1ccn2[C@H]1O[C@@](CO)(N=[N+]=[N-])[C@H](O[Si](C)(C)C(C)(C)C)C1F. The number of aliphatic hydroxyl groups is 1. The van der Waals surface area contributed by atoms with E-state index in [1.54, 1.807) is 33.0 Å². The molecule has 0 bridgehead atoms. The Morgan fingerprint density at radius 3 is 2.57 bits per heavy atom. The molecular formula is C22H34FN7O4Si. The molecule has 1 aliphatic heterocycles. The Bertz CT molecular complexity index is 1150. The number of nitrogens with zero attached hydrogens (tertiary/aromatic N) is 6. The fourth-order valence-electron chi connectivity index (χ4n) is 3.49. The summed E-state index contributed by atoms with van der Waals surface area (Å²) in [5.74, 6) is 0.0378. The van der Waals surface area contributed by atoms with Crippen LogP contribution in [0.15, 0.2) is 23.7 Å². The third-order valence-corrected chi connectivity index (χ3v) is 11.2. The van der Waals surface area contributed by atoms with E-state index in [-0.39, 0.29) is 16.8 Å². The van der Waals surface area contributed by atoms with Crippen LogP contribution in [0.3, 0.4) is 0 Å². The molecule has 2 aromatic rings. The van der Waals surface area contributed by atoms with Gasteiger partial charge in [-0.25, -0.2) is 14.4 Å². The molecule has 11 nitrogen and oxygen atoms in total. The molecule has 192 valence electrons. The van der Waals surface area contributed by atoms with E-state index in [1.165, 1.54) is 10.9 Å². The number of alkyl halides is 1. The van der Waals surface area contributed by atoms with Gasteiger partial charge in [-0.05, 0) is 29.7 Å². The molecule has 0 aromatic carbocycles. The number of ether oxygens (including phenoxy) is 1. The summed E-state index contributed by atoms with van der Waals surface area (Å²) in [5.41, 5.74) is 6.89. The highest BCUT2D eigenvalue weighted by Gasteiger charge is 2.59. The van der Waals surface area contributed by atoms with Gasteiger partial charge in [-0.1, -0.05) is 46.7 Å². The molecule has 1 saturated heterocycles. The largest absolute Gasteiger partial charge is 0.408 e. The zero-order valence-electron chi connectivity index (χ0n) is 21.4. The van der Waals surface area contributed by atoms with Gasteiger partial charge in [-0.3, -0.25) is 4.79 Å². The summed E-state index contributed by atoms with van der Waals surface area (Å²) in [6.07, 6.45) is -1.62. The Kier molecular flexibility index (Phi) is 7.05. The van der Waals surface area contributed by atoms with E-state index in [1.807, 2.05) is 33.9 Å². The molecule has 0 saturated carbocycles. The van der Waals surface area contributed by atoms with Crippen molar-refractivity contribution in [1.29, 1.82) is 0 Å². The molecule has 1 aliphatic rings. The Labute approximate surface area is 204 Å². The minimum Gasteiger partial charge on any atom is -0.408 e. The highest BCUT2D eigenvalue weighted by atomic mass is 28.4. The Hall–Kier alpha value is -2.57. The van der Waals surface area contributed by atoms with Crippen LogP contribution < -0.4 is 5.32 Å². The molecule has 3 heterocycles. The first-order chi connectivity index (χ1) is 16.1. The predicted molar refractivity (Wildman–Crippen MR) is 132 cm³/mol. The molecule has 1 unspecified atom stereocenters. The van der Waals surface area contributed by atoms with Crippen molar-refractivity contribution in [2.45, 2.75) is 83.9 Å². The minimum atomic E-state index is -2.56. The Balaban J connectivity index is 2.05. The molecule has 2 N–H and O–H groups in total. The maximum Gasteiger partial charge on any atom is 0.230 e. The summed E-state index contributed by atoms with van der Waals surface area (Å²) in [6, 6.07) is 1.64. The first kappa shape index (κ1) is 27.0. The number of aromatic nitrogens is 3. The summed E-state index contributed by atoms with van der Waals surface area (Å²) in [4.78, 5) is 23.7. The summed E-state index contributed by atoms with van der Waals surface area (Å²) in [5, 5.41) is 16.8. The van der Waals surface area contributed by atoms with Gasteiger partial charge >= 0.3 is 0 Å². The third-order valence-electron chi connectivity index (χ3n) is 6.70. The number of fused-ring (bicyclic) bond motifs is 1. The fourth-order valence-corrected chi connectivity index (χ4v) is 4.79. The van der Waals surface area contributed by atoms with Crippen LogP contribution in [0.2, 0.25) is 18.1 Å². The second-order valence-corrected chi connectivity index (χ2v) is 16.1. The van der Waals surface area contributed by atoms with Crippen LogP contribution in [-0.2, 0) is 14.0 Å². The normalized spacial score (nSPS) is 25.5. The molecule has 0 aliphatic carbocycles. The van der Waals surface area contributed by atoms with Crippen molar-refractivity contribution in [3.63, 3.8) is 0 Å². The van der Waals surface area contributed by atoms with E-state index in [9.17, 15) is 15.4 Å². The van der Waals surface area contributed by atoms with Crippen LogP contribution in [0.1, 0.15) is 47.8 Å². The van der Waals surface area contributed by atoms with Crippen LogP contribution >= 0.6 is 0 Å². The summed E-state index contributed by atoms with van der Waals surface area (Å²) < 4.78 is 29.7. The van der Waals surface area contributed by atoms with Crippen LogP contribution in [0.25, 0.3) is 21.5 Å². The van der Waals surface area contributed by atoms with Crippen molar-refractivity contribution in [3.05, 3.63) is 29.0 Å². The van der Waals surface area contributed by atoms with Crippen LogP contribution in [0, 0.1) is 5.41 Å². The number of amides is 1. The minimum absolute atomic E-state index is 0.240. The number of aliphatic hydroxyl groups excluding tert-OH is 1. The van der Waals surface area contributed by atoms with Crippen molar-refractivity contribution in [3.8, 4) is 0 Å². The molecule has 13 heteroatoms. The van der Waals surface area contributed by atoms with Gasteiger partial charge in [0.25, 0.3) is 0 Å². The highest BCUT2D eigenvalue weighted by molar-refractivity contribution is 6.74. The van der Waals surface area contributed by atoms with E-state index in [4.69, 9.17) is 9.16 Å². The number of nitrogens with one attached hydrogen (secondary N) is 1. The van der Waals surface area contributed by atoms with E-state index >= 15 is 4.39 Å². The topological polar surface area (TPSA) is 147 Å². The van der Waals surface area contributed by atoms with Crippen LogP contribution in [0.4, 0.5) is 10.2 Å². The predicted octanol–water partition coefficient (Wildman–Crippen LogP) is 4.67. The number of rotatable bonds is 6. The van der Waals surface area contributed by atoms with Gasteiger partial charge in [0.2, 0.25) is 5.91 Å². The van der Waals surface area contributed by atoms with E-state index < -0.39 is 44.6 Å². The first-order valence-electron chi connectivity index (χ1n) is 11.4. The Morgan fingerprint density at radius 2 is 2.03 bits per heavy atom. The molecule has 1 fully saturated rings. The van der Waals surface area contributed by atoms with E-state index in [0.29, 0.717) is 11.0 Å². The number of anilines is 1. The average molecular weight is 508 g/mol. The lowest BCUT2D eigenvalue weighted by molar-refractivity contribution is -0.123. The number of hydrogen-bond donors (Lipinski definition) is 2. The smallest absolute Gasteiger partial charge is 0.230 e.